The number of nitrogens with two attached hydrogens (primary N) is 1. The molecule has 0 bridgehead atoms. The second-order valence-corrected chi connectivity index (χ2v) is 4.92. The van der Waals surface area contributed by atoms with E-state index in [-0.39, 0.29) is 10.8 Å². The molecule has 7 heteroatoms. The summed E-state index contributed by atoms with van der Waals surface area (Å²) in [5, 5.41) is 10.9. The second kappa shape index (κ2) is 5.38. The Bertz CT molecular complexity index is 736. The molecule has 1 aromatic heterocycles. The lowest BCUT2D eigenvalue weighted by Crippen LogP contribution is -2.29. The van der Waals surface area contributed by atoms with Crippen LogP contribution in [0.1, 0.15) is 16.8 Å². The summed E-state index contributed by atoms with van der Waals surface area (Å²) < 4.78 is 1.07. The molecule has 104 valence electrons. The molecule has 3 N–H and O–H groups in total. The monoisotopic (exact) mass is 289 g/mol. The Labute approximate surface area is 121 Å². The maximum atomic E-state index is 12.0. The van der Waals surface area contributed by atoms with Crippen molar-refractivity contribution >= 4 is 28.7 Å². The number of hydrogen-bond acceptors (Lipinski definition) is 4. The highest BCUT2D eigenvalue weighted by Gasteiger charge is 2.12. The van der Waals surface area contributed by atoms with E-state index >= 15 is 0 Å². The van der Waals surface area contributed by atoms with E-state index in [0.717, 1.165) is 21.5 Å². The molecule has 6 nitrogen and oxygen atoms in total. The molecule has 2 aromatic rings. The van der Waals surface area contributed by atoms with Gasteiger partial charge in [0.05, 0.1) is 11.4 Å². The van der Waals surface area contributed by atoms with Gasteiger partial charge in [0, 0.05) is 0 Å². The first-order valence-electron chi connectivity index (χ1n) is 6.01. The zero-order chi connectivity index (χ0) is 14.9. The molecule has 0 spiro atoms. The Morgan fingerprint density at radius 2 is 1.75 bits per heavy atom. The van der Waals surface area contributed by atoms with Crippen LogP contribution >= 0.6 is 12.2 Å². The molecule has 20 heavy (non-hydrogen) atoms. The number of thiocarbonyl (C=S) groups is 1. The lowest BCUT2D eigenvalue weighted by molar-refractivity contribution is 0.889. The number of aromatic amines is 1. The highest BCUT2D eigenvalue weighted by Crippen LogP contribution is 2.25. The van der Waals surface area contributed by atoms with Gasteiger partial charge >= 0.3 is 5.56 Å². The molecule has 0 saturated carbocycles. The number of benzene rings is 1. The summed E-state index contributed by atoms with van der Waals surface area (Å²) in [7, 11) is 0. The lowest BCUT2D eigenvalue weighted by Gasteiger charge is -2.01. The molecule has 0 atom stereocenters. The highest BCUT2D eigenvalue weighted by atomic mass is 32.1. The van der Waals surface area contributed by atoms with Crippen LogP contribution < -0.4 is 11.3 Å². The molecule has 0 saturated heterocycles. The van der Waals surface area contributed by atoms with Crippen molar-refractivity contribution in [1.29, 1.82) is 0 Å². The quantitative estimate of drug-likeness (QED) is 0.658. The predicted molar refractivity (Wildman–Crippen MR) is 82.1 cm³/mol. The van der Waals surface area contributed by atoms with Crippen molar-refractivity contribution in [2.75, 3.05) is 0 Å². The molecule has 0 aliphatic carbocycles. The van der Waals surface area contributed by atoms with Gasteiger partial charge in [-0.2, -0.15) is 4.68 Å². The van der Waals surface area contributed by atoms with Gasteiger partial charge in [-0.15, -0.1) is 10.2 Å². The summed E-state index contributed by atoms with van der Waals surface area (Å²) in [5.74, 6) is 0. The first kappa shape index (κ1) is 14.1. The maximum absolute atomic E-state index is 12.0. The first-order valence-corrected chi connectivity index (χ1v) is 6.42. The van der Waals surface area contributed by atoms with E-state index in [1.165, 1.54) is 0 Å². The van der Waals surface area contributed by atoms with Gasteiger partial charge in [0.1, 0.15) is 0 Å². The van der Waals surface area contributed by atoms with Crippen LogP contribution in [0.25, 0.3) is 0 Å². The number of aromatic nitrogens is 2. The maximum Gasteiger partial charge on any atom is 0.301 e. The third-order valence-electron chi connectivity index (χ3n) is 2.95. The molecule has 0 aliphatic rings. The minimum absolute atomic E-state index is 0.0494. The Kier molecular flexibility index (Phi) is 3.80. The fourth-order valence-electron chi connectivity index (χ4n) is 1.87. The minimum Gasteiger partial charge on any atom is -0.374 e. The van der Waals surface area contributed by atoms with Gasteiger partial charge in [0.25, 0.3) is 0 Å². The van der Waals surface area contributed by atoms with Crippen LogP contribution in [0.15, 0.2) is 33.2 Å². The topological polar surface area (TPSA) is 88.5 Å². The average molecular weight is 289 g/mol. The Hall–Kier alpha value is -2.28. The summed E-state index contributed by atoms with van der Waals surface area (Å²) >= 11 is 4.78. The van der Waals surface area contributed by atoms with Gasteiger partial charge in [0.2, 0.25) is 0 Å². The number of nitrogens with zero attached hydrogens (tertiary/aromatic N) is 3. The molecule has 0 fully saturated rings. The summed E-state index contributed by atoms with van der Waals surface area (Å²) in [6, 6.07) is 5.84. The van der Waals surface area contributed by atoms with Gasteiger partial charge in [0.15, 0.2) is 10.8 Å². The molecule has 0 aliphatic heterocycles. The Balaban J connectivity index is 2.48. The largest absolute Gasteiger partial charge is 0.374 e. The molecule has 2 rings (SSSR count). The fourth-order valence-corrected chi connectivity index (χ4v) is 2.00. The highest BCUT2D eigenvalue weighted by molar-refractivity contribution is 7.80. The van der Waals surface area contributed by atoms with E-state index in [0.29, 0.717) is 5.69 Å². The Morgan fingerprint density at radius 3 is 2.25 bits per heavy atom. The normalized spacial score (nSPS) is 11.2. The summed E-state index contributed by atoms with van der Waals surface area (Å²) in [5.41, 5.74) is 8.57. The van der Waals surface area contributed by atoms with Crippen molar-refractivity contribution in [1.82, 2.24) is 9.78 Å². The Morgan fingerprint density at radius 1 is 1.20 bits per heavy atom. The van der Waals surface area contributed by atoms with Crippen molar-refractivity contribution in [2.24, 2.45) is 16.0 Å². The van der Waals surface area contributed by atoms with Crippen molar-refractivity contribution < 1.29 is 0 Å². The number of aryl methyl sites for hydroxylation is 3. The average Bonchev–Trinajstić information content (AvgIpc) is 2.65. The van der Waals surface area contributed by atoms with E-state index in [9.17, 15) is 4.79 Å². The summed E-state index contributed by atoms with van der Waals surface area (Å²) in [4.78, 5) is 12.0. The van der Waals surface area contributed by atoms with Gasteiger partial charge in [-0.05, 0) is 44.1 Å². The van der Waals surface area contributed by atoms with Crippen molar-refractivity contribution in [2.45, 2.75) is 20.8 Å². The van der Waals surface area contributed by atoms with Crippen LogP contribution in [-0.4, -0.2) is 14.9 Å². The van der Waals surface area contributed by atoms with Crippen LogP contribution in [0.3, 0.4) is 0 Å². The molecule has 1 aromatic carbocycles. The summed E-state index contributed by atoms with van der Waals surface area (Å²) in [6.45, 7) is 5.60. The van der Waals surface area contributed by atoms with Crippen molar-refractivity contribution in [3.8, 4) is 0 Å². The first-order chi connectivity index (χ1) is 9.41. The number of hydrogen-bond donors (Lipinski definition) is 2. The summed E-state index contributed by atoms with van der Waals surface area (Å²) in [6.07, 6.45) is 0. The van der Waals surface area contributed by atoms with Gasteiger partial charge in [-0.1, -0.05) is 18.2 Å². The van der Waals surface area contributed by atoms with E-state index in [2.05, 4.69) is 15.3 Å². The zero-order valence-electron chi connectivity index (χ0n) is 11.5. The molecule has 0 unspecified atom stereocenters. The van der Waals surface area contributed by atoms with Crippen LogP contribution in [-0.2, 0) is 0 Å². The zero-order valence-corrected chi connectivity index (χ0v) is 12.3. The SMILES string of the molecule is Cc1cccc(C)c1N=Nc1c(C)[nH]n(C(N)=S)c1=O. The third kappa shape index (κ3) is 2.53. The third-order valence-corrected chi connectivity index (χ3v) is 3.13. The van der Waals surface area contributed by atoms with Crippen LogP contribution in [0, 0.1) is 20.8 Å². The van der Waals surface area contributed by atoms with Crippen LogP contribution in [0.2, 0.25) is 0 Å². The second-order valence-electron chi connectivity index (χ2n) is 4.50. The lowest BCUT2D eigenvalue weighted by atomic mass is 10.1. The predicted octanol–water partition coefficient (Wildman–Crippen LogP) is 2.61. The standard InChI is InChI=1S/C13H15N5OS/c1-7-5-4-6-8(2)10(7)15-16-11-9(3)17-18(12(11)19)13(14)20/h4-6,17H,1-3H3,(H2,14,20). The van der Waals surface area contributed by atoms with Crippen LogP contribution in [0.4, 0.5) is 11.4 Å². The number of H-pyrrole nitrogens is 1. The molecule has 0 radical (unpaired) electrons. The van der Waals surface area contributed by atoms with Gasteiger partial charge in [-0.3, -0.25) is 9.89 Å². The van der Waals surface area contributed by atoms with E-state index < -0.39 is 5.56 Å². The molecule has 0 amide bonds. The van der Waals surface area contributed by atoms with Crippen LogP contribution in [0.5, 0.6) is 0 Å². The fraction of sp³-hybridized carbons (Fsp3) is 0.231. The van der Waals surface area contributed by atoms with E-state index in [1.54, 1.807) is 6.92 Å². The van der Waals surface area contributed by atoms with Gasteiger partial charge in [-0.25, -0.2) is 0 Å². The van der Waals surface area contributed by atoms with E-state index in [1.807, 2.05) is 32.0 Å². The number of azo groups is 1. The van der Waals surface area contributed by atoms with E-state index in [4.69, 9.17) is 18.0 Å². The molecular formula is C13H15N5OS. The van der Waals surface area contributed by atoms with Gasteiger partial charge < -0.3 is 5.73 Å². The number of nitrogens with one attached hydrogen (secondary N) is 1. The molecule has 1 heterocycles. The van der Waals surface area contributed by atoms with Crippen molar-refractivity contribution in [3.05, 3.63) is 45.4 Å². The van der Waals surface area contributed by atoms with Crippen molar-refractivity contribution in [3.63, 3.8) is 0 Å². The molecular weight excluding hydrogens is 274 g/mol. The minimum atomic E-state index is -0.398. The smallest absolute Gasteiger partial charge is 0.301 e. The number of rotatable bonds is 2.